The van der Waals surface area contributed by atoms with Crippen LogP contribution in [0.3, 0.4) is 0 Å². The fraction of sp³-hybridized carbons (Fsp3) is 0.136. The Morgan fingerprint density at radius 3 is 2.66 bits per heavy atom. The number of carbonyl (C=O) groups is 2. The number of aromatic nitrogens is 1. The molecule has 0 aliphatic carbocycles. The van der Waals surface area contributed by atoms with Crippen molar-refractivity contribution in [2.45, 2.75) is 6.92 Å². The number of hydrogen-bond acceptors (Lipinski definition) is 6. The molecule has 2 heterocycles. The number of anilines is 3. The van der Waals surface area contributed by atoms with E-state index in [1.54, 1.807) is 12.1 Å². The summed E-state index contributed by atoms with van der Waals surface area (Å²) >= 11 is 2.14. The van der Waals surface area contributed by atoms with Crippen molar-refractivity contribution in [1.82, 2.24) is 4.98 Å². The maximum Gasteiger partial charge on any atom is 0.342 e. The van der Waals surface area contributed by atoms with Crippen molar-refractivity contribution in [3.05, 3.63) is 74.5 Å². The molecule has 1 aliphatic rings. The number of cyclic esters (lactones) is 1. The largest absolute Gasteiger partial charge is 0.481 e. The van der Waals surface area contributed by atoms with Gasteiger partial charge >= 0.3 is 5.97 Å². The van der Waals surface area contributed by atoms with E-state index in [4.69, 9.17) is 9.47 Å². The number of hydrogen-bond donors (Lipinski definition) is 1. The van der Waals surface area contributed by atoms with Gasteiger partial charge in [-0.2, -0.15) is 0 Å². The van der Waals surface area contributed by atoms with Crippen LogP contribution in [0.25, 0.3) is 0 Å². The molecule has 0 spiro atoms. The lowest BCUT2D eigenvalue weighted by molar-refractivity contribution is 0.0491. The SMILES string of the molecule is COc1ccc(NC(=O)c2cc3c(c(F)c2F)N(c2ccc(I)cc2C)COC3=O)cn1. The topological polar surface area (TPSA) is 80.8 Å². The maximum absolute atomic E-state index is 15.2. The number of pyridine rings is 1. The first-order chi connectivity index (χ1) is 15.3. The summed E-state index contributed by atoms with van der Waals surface area (Å²) in [5.74, 6) is -4.14. The van der Waals surface area contributed by atoms with Crippen LogP contribution in [0.5, 0.6) is 5.88 Å². The number of ether oxygens (including phenoxy) is 2. The van der Waals surface area contributed by atoms with E-state index in [1.165, 1.54) is 30.3 Å². The molecule has 1 N–H and O–H groups in total. The highest BCUT2D eigenvalue weighted by atomic mass is 127. The Morgan fingerprint density at radius 1 is 1.22 bits per heavy atom. The van der Waals surface area contributed by atoms with Crippen molar-refractivity contribution in [3.63, 3.8) is 0 Å². The molecule has 0 fully saturated rings. The van der Waals surface area contributed by atoms with Gasteiger partial charge in [0.25, 0.3) is 5.91 Å². The Labute approximate surface area is 195 Å². The number of aryl methyl sites for hydroxylation is 1. The van der Waals surface area contributed by atoms with Gasteiger partial charge in [0.1, 0.15) is 0 Å². The third-order valence-corrected chi connectivity index (χ3v) is 5.56. The van der Waals surface area contributed by atoms with Crippen LogP contribution in [-0.2, 0) is 4.74 Å². The number of carbonyl (C=O) groups excluding carboxylic acids is 2. The smallest absolute Gasteiger partial charge is 0.342 e. The van der Waals surface area contributed by atoms with Crippen LogP contribution in [0.1, 0.15) is 26.3 Å². The van der Waals surface area contributed by atoms with Crippen LogP contribution in [0.4, 0.5) is 25.8 Å². The van der Waals surface area contributed by atoms with Gasteiger partial charge in [0.2, 0.25) is 5.88 Å². The molecule has 1 amide bonds. The van der Waals surface area contributed by atoms with E-state index in [0.29, 0.717) is 11.6 Å². The van der Waals surface area contributed by atoms with Crippen molar-refractivity contribution in [3.8, 4) is 5.88 Å². The molecule has 164 valence electrons. The first-order valence-electron chi connectivity index (χ1n) is 9.34. The van der Waals surface area contributed by atoms with Gasteiger partial charge in [0, 0.05) is 15.3 Å². The van der Waals surface area contributed by atoms with Gasteiger partial charge in [-0.1, -0.05) is 0 Å². The molecule has 4 rings (SSSR count). The second-order valence-corrected chi connectivity index (χ2v) is 8.16. The Bertz CT molecular complexity index is 1230. The van der Waals surface area contributed by atoms with Gasteiger partial charge in [0.15, 0.2) is 18.4 Å². The van der Waals surface area contributed by atoms with Crippen molar-refractivity contribution >= 4 is 51.5 Å². The highest BCUT2D eigenvalue weighted by Gasteiger charge is 2.34. The molecule has 0 saturated carbocycles. The van der Waals surface area contributed by atoms with Gasteiger partial charge in [-0.05, 0) is 65.4 Å². The minimum Gasteiger partial charge on any atom is -0.481 e. The molecule has 0 bridgehead atoms. The van der Waals surface area contributed by atoms with Crippen LogP contribution >= 0.6 is 22.6 Å². The van der Waals surface area contributed by atoms with Crippen molar-refractivity contribution in [1.29, 1.82) is 0 Å². The number of fused-ring (bicyclic) bond motifs is 1. The molecule has 2 aromatic carbocycles. The van der Waals surface area contributed by atoms with E-state index in [1.807, 2.05) is 13.0 Å². The van der Waals surface area contributed by atoms with Crippen molar-refractivity contribution in [2.75, 3.05) is 24.1 Å². The number of rotatable bonds is 4. The second kappa shape index (κ2) is 8.69. The third-order valence-electron chi connectivity index (χ3n) is 4.89. The lowest BCUT2D eigenvalue weighted by Gasteiger charge is -2.32. The van der Waals surface area contributed by atoms with Crippen molar-refractivity contribution in [2.24, 2.45) is 0 Å². The van der Waals surface area contributed by atoms with E-state index < -0.39 is 29.1 Å². The highest BCUT2D eigenvalue weighted by Crippen LogP contribution is 2.39. The Balaban J connectivity index is 1.75. The summed E-state index contributed by atoms with van der Waals surface area (Å²) in [6.45, 7) is 1.53. The molecule has 1 aliphatic heterocycles. The zero-order chi connectivity index (χ0) is 23.0. The maximum atomic E-state index is 15.2. The molecule has 0 atom stereocenters. The first-order valence-corrected chi connectivity index (χ1v) is 10.4. The number of halogens is 3. The van der Waals surface area contributed by atoms with Gasteiger partial charge in [-0.25, -0.2) is 18.6 Å². The normalized spacial score (nSPS) is 12.8. The van der Waals surface area contributed by atoms with Crippen molar-refractivity contribution < 1.29 is 27.8 Å². The Hall–Kier alpha value is -3.28. The zero-order valence-corrected chi connectivity index (χ0v) is 19.1. The lowest BCUT2D eigenvalue weighted by Crippen LogP contribution is -2.33. The number of methoxy groups -OCH3 is 1. The Kier molecular flexibility index (Phi) is 5.96. The standard InChI is InChI=1S/C22H16F2IN3O4/c1-11-7-12(25)3-5-16(11)28-10-32-22(30)15-8-14(18(23)19(24)20(15)28)21(29)27-13-4-6-17(31-2)26-9-13/h3-9H,10H2,1-2H3,(H,27,29). The van der Waals surface area contributed by atoms with E-state index in [2.05, 4.69) is 32.9 Å². The molecule has 0 unspecified atom stereocenters. The van der Waals surface area contributed by atoms with Crippen LogP contribution in [0, 0.1) is 22.1 Å². The molecule has 1 aromatic heterocycles. The predicted octanol–water partition coefficient (Wildman–Crippen LogP) is 4.80. The molecule has 0 radical (unpaired) electrons. The van der Waals surface area contributed by atoms with E-state index in [9.17, 15) is 14.0 Å². The molecular formula is C22H16F2IN3O4. The van der Waals surface area contributed by atoms with Crippen LogP contribution in [0.2, 0.25) is 0 Å². The number of nitrogens with zero attached hydrogens (tertiary/aromatic N) is 2. The molecule has 0 saturated heterocycles. The summed E-state index contributed by atoms with van der Waals surface area (Å²) in [5.41, 5.74) is 0.437. The van der Waals surface area contributed by atoms with Gasteiger partial charge < -0.3 is 19.7 Å². The van der Waals surface area contributed by atoms with Crippen LogP contribution < -0.4 is 15.0 Å². The Morgan fingerprint density at radius 2 is 2.00 bits per heavy atom. The van der Waals surface area contributed by atoms with Crippen LogP contribution in [-0.4, -0.2) is 30.7 Å². The molecule has 10 heteroatoms. The predicted molar refractivity (Wildman–Crippen MR) is 121 cm³/mol. The van der Waals surface area contributed by atoms with E-state index >= 15 is 4.39 Å². The minimum absolute atomic E-state index is 0.243. The molecular weight excluding hydrogens is 535 g/mol. The number of benzene rings is 2. The summed E-state index contributed by atoms with van der Waals surface area (Å²) in [5, 5.41) is 2.43. The third kappa shape index (κ3) is 3.97. The van der Waals surface area contributed by atoms with E-state index in [-0.39, 0.29) is 23.7 Å². The average molecular weight is 551 g/mol. The van der Waals surface area contributed by atoms with Gasteiger partial charge in [-0.15, -0.1) is 0 Å². The van der Waals surface area contributed by atoms with Gasteiger partial charge in [-0.3, -0.25) is 4.79 Å². The number of nitrogens with one attached hydrogen (secondary N) is 1. The number of amides is 1. The highest BCUT2D eigenvalue weighted by molar-refractivity contribution is 14.1. The second-order valence-electron chi connectivity index (χ2n) is 6.91. The monoisotopic (exact) mass is 551 g/mol. The molecule has 3 aromatic rings. The summed E-state index contributed by atoms with van der Waals surface area (Å²) in [6.07, 6.45) is 1.30. The summed E-state index contributed by atoms with van der Waals surface area (Å²) < 4.78 is 41.3. The fourth-order valence-electron chi connectivity index (χ4n) is 3.35. The quantitative estimate of drug-likeness (QED) is 0.371. The van der Waals surface area contributed by atoms with E-state index in [0.717, 1.165) is 15.2 Å². The molecule has 32 heavy (non-hydrogen) atoms. The lowest BCUT2D eigenvalue weighted by atomic mass is 10.0. The van der Waals surface area contributed by atoms with Crippen LogP contribution in [0.15, 0.2) is 42.6 Å². The summed E-state index contributed by atoms with van der Waals surface area (Å²) in [6, 6.07) is 9.39. The zero-order valence-electron chi connectivity index (χ0n) is 16.9. The average Bonchev–Trinajstić information content (AvgIpc) is 2.77. The molecule has 7 nitrogen and oxygen atoms in total. The minimum atomic E-state index is -1.37. The van der Waals surface area contributed by atoms with Gasteiger partial charge in [0.05, 0.1) is 35.8 Å². The first kappa shape index (κ1) is 21.9. The summed E-state index contributed by atoms with van der Waals surface area (Å²) in [4.78, 5) is 30.3. The number of esters is 1. The fourth-order valence-corrected chi connectivity index (χ4v) is 4.00. The summed E-state index contributed by atoms with van der Waals surface area (Å²) in [7, 11) is 1.44.